The van der Waals surface area contributed by atoms with Crippen LogP contribution in [0.25, 0.3) is 0 Å². The van der Waals surface area contributed by atoms with Crippen LogP contribution in [-0.4, -0.2) is 37.1 Å². The van der Waals surface area contributed by atoms with E-state index in [2.05, 4.69) is 0 Å². The van der Waals surface area contributed by atoms with Crippen molar-refractivity contribution in [2.24, 2.45) is 0 Å². The third-order valence-corrected chi connectivity index (χ3v) is 7.67. The molecule has 0 atom stereocenters. The highest BCUT2D eigenvalue weighted by molar-refractivity contribution is 7.89. The Morgan fingerprint density at radius 1 is 0.968 bits per heavy atom. The van der Waals surface area contributed by atoms with E-state index in [1.165, 1.54) is 15.9 Å². The number of carbonyl (C=O) groups excluding carboxylic acids is 1. The Bertz CT molecular complexity index is 1220. The molecule has 1 heterocycles. The molecule has 0 fully saturated rings. The maximum atomic E-state index is 13.3. The van der Waals surface area contributed by atoms with Crippen LogP contribution >= 0.6 is 0 Å². The number of sulfonamides is 1. The minimum atomic E-state index is -3.69. The van der Waals surface area contributed by atoms with E-state index in [9.17, 15) is 13.2 Å². The van der Waals surface area contributed by atoms with Gasteiger partial charge in [0, 0.05) is 32.2 Å². The first-order chi connectivity index (χ1) is 14.9. The van der Waals surface area contributed by atoms with Gasteiger partial charge in [-0.15, -0.1) is 0 Å². The second kappa shape index (κ2) is 8.65. The van der Waals surface area contributed by atoms with Gasteiger partial charge < -0.3 is 4.90 Å². The Labute approximate surface area is 184 Å². The van der Waals surface area contributed by atoms with Gasteiger partial charge in [0.1, 0.15) is 0 Å². The van der Waals surface area contributed by atoms with Gasteiger partial charge in [-0.1, -0.05) is 54.6 Å². The number of hydrogen-bond acceptors (Lipinski definition) is 3. The van der Waals surface area contributed by atoms with Gasteiger partial charge in [0.25, 0.3) is 5.91 Å². The Balaban J connectivity index is 1.55. The molecule has 6 heteroatoms. The number of carbonyl (C=O) groups is 1. The summed E-state index contributed by atoms with van der Waals surface area (Å²) in [6.45, 7) is 3.26. The Morgan fingerprint density at radius 3 is 2.45 bits per heavy atom. The number of hydrogen-bond donors (Lipinski definition) is 0. The highest BCUT2D eigenvalue weighted by Gasteiger charge is 2.29. The van der Waals surface area contributed by atoms with Gasteiger partial charge in [-0.3, -0.25) is 4.79 Å². The van der Waals surface area contributed by atoms with Crippen molar-refractivity contribution >= 4 is 15.9 Å². The van der Waals surface area contributed by atoms with Gasteiger partial charge in [-0.25, -0.2) is 8.42 Å². The summed E-state index contributed by atoms with van der Waals surface area (Å²) < 4.78 is 28.1. The molecule has 160 valence electrons. The van der Waals surface area contributed by atoms with Gasteiger partial charge in [0.05, 0.1) is 4.90 Å². The van der Waals surface area contributed by atoms with E-state index in [0.717, 1.165) is 16.7 Å². The SMILES string of the molecule is Cc1ccccc1CN(C)C(=O)c1cccc(S(=O)(=O)N2CCc3ccccc3C2)c1. The average molecular weight is 435 g/mol. The molecular formula is C25H26N2O3S. The molecule has 1 aliphatic rings. The van der Waals surface area contributed by atoms with Crippen molar-refractivity contribution < 1.29 is 13.2 Å². The normalized spacial score (nSPS) is 14.1. The second-order valence-corrected chi connectivity index (χ2v) is 9.91. The van der Waals surface area contributed by atoms with E-state index >= 15 is 0 Å². The summed E-state index contributed by atoms with van der Waals surface area (Å²) in [6, 6.07) is 22.2. The fourth-order valence-electron chi connectivity index (χ4n) is 3.95. The third-order valence-electron chi connectivity index (χ3n) is 5.83. The summed E-state index contributed by atoms with van der Waals surface area (Å²) in [7, 11) is -1.96. The number of amides is 1. The summed E-state index contributed by atoms with van der Waals surface area (Å²) in [5.74, 6) is -0.204. The maximum Gasteiger partial charge on any atom is 0.253 e. The molecule has 3 aromatic rings. The van der Waals surface area contributed by atoms with Crippen molar-refractivity contribution in [2.75, 3.05) is 13.6 Å². The Kier molecular flexibility index (Phi) is 5.94. The molecule has 0 aromatic heterocycles. The molecule has 4 rings (SSSR count). The molecule has 31 heavy (non-hydrogen) atoms. The summed E-state index contributed by atoms with van der Waals surface area (Å²) >= 11 is 0. The van der Waals surface area contributed by atoms with Gasteiger partial charge in [0.15, 0.2) is 0 Å². The van der Waals surface area contributed by atoms with Gasteiger partial charge >= 0.3 is 0 Å². The molecule has 1 aliphatic heterocycles. The van der Waals surface area contributed by atoms with Crippen LogP contribution in [-0.2, 0) is 29.5 Å². The molecule has 0 unspecified atom stereocenters. The lowest BCUT2D eigenvalue weighted by atomic mass is 10.0. The first kappa shape index (κ1) is 21.3. The summed E-state index contributed by atoms with van der Waals surface area (Å²) in [6.07, 6.45) is 0.688. The van der Waals surface area contributed by atoms with Crippen molar-refractivity contribution in [1.82, 2.24) is 9.21 Å². The van der Waals surface area contributed by atoms with Crippen molar-refractivity contribution in [3.05, 3.63) is 101 Å². The van der Waals surface area contributed by atoms with Crippen LogP contribution in [0.15, 0.2) is 77.7 Å². The minimum absolute atomic E-state index is 0.155. The number of benzene rings is 3. The monoisotopic (exact) mass is 434 g/mol. The van der Waals surface area contributed by atoms with E-state index in [0.29, 0.717) is 31.6 Å². The molecule has 1 amide bonds. The van der Waals surface area contributed by atoms with E-state index in [-0.39, 0.29) is 10.8 Å². The fourth-order valence-corrected chi connectivity index (χ4v) is 5.41. The largest absolute Gasteiger partial charge is 0.337 e. The van der Waals surface area contributed by atoms with E-state index in [1.54, 1.807) is 30.1 Å². The van der Waals surface area contributed by atoms with Crippen LogP contribution in [0.4, 0.5) is 0 Å². The van der Waals surface area contributed by atoms with Crippen LogP contribution < -0.4 is 0 Å². The molecule has 0 aliphatic carbocycles. The van der Waals surface area contributed by atoms with Gasteiger partial charge in [-0.05, 0) is 53.8 Å². The lowest BCUT2D eigenvalue weighted by Gasteiger charge is -2.28. The zero-order chi connectivity index (χ0) is 22.0. The highest BCUT2D eigenvalue weighted by Crippen LogP contribution is 2.25. The molecule has 0 radical (unpaired) electrons. The maximum absolute atomic E-state index is 13.3. The zero-order valence-corrected chi connectivity index (χ0v) is 18.6. The predicted octanol–water partition coefficient (Wildman–Crippen LogP) is 4.01. The molecule has 0 spiro atoms. The fraction of sp³-hybridized carbons (Fsp3) is 0.240. The topological polar surface area (TPSA) is 57.7 Å². The molecular weight excluding hydrogens is 408 g/mol. The first-order valence-electron chi connectivity index (χ1n) is 10.3. The van der Waals surface area contributed by atoms with Crippen LogP contribution in [0.1, 0.15) is 32.6 Å². The number of fused-ring (bicyclic) bond motifs is 1. The van der Waals surface area contributed by atoms with Gasteiger partial charge in [-0.2, -0.15) is 4.31 Å². The average Bonchev–Trinajstić information content (AvgIpc) is 2.79. The number of nitrogens with zero attached hydrogens (tertiary/aromatic N) is 2. The lowest BCUT2D eigenvalue weighted by Crippen LogP contribution is -2.36. The van der Waals surface area contributed by atoms with Crippen LogP contribution in [0.3, 0.4) is 0 Å². The third kappa shape index (κ3) is 4.40. The van der Waals surface area contributed by atoms with Crippen molar-refractivity contribution in [2.45, 2.75) is 31.3 Å². The molecule has 0 bridgehead atoms. The van der Waals surface area contributed by atoms with E-state index in [1.807, 2.05) is 55.5 Å². The number of rotatable bonds is 5. The molecule has 0 saturated heterocycles. The summed E-state index contributed by atoms with van der Waals surface area (Å²) in [4.78, 5) is 14.8. The summed E-state index contributed by atoms with van der Waals surface area (Å²) in [5.41, 5.74) is 4.77. The molecule has 5 nitrogen and oxygen atoms in total. The van der Waals surface area contributed by atoms with Crippen LogP contribution in [0.2, 0.25) is 0 Å². The standard InChI is InChI=1S/C25H26N2O3S/c1-19-8-3-4-10-22(19)17-26(2)25(28)21-12-7-13-24(16-21)31(29,30)27-15-14-20-9-5-6-11-23(20)18-27/h3-13,16H,14-15,17-18H2,1-2H3. The Morgan fingerprint density at radius 2 is 1.68 bits per heavy atom. The van der Waals surface area contributed by atoms with Crippen molar-refractivity contribution in [1.29, 1.82) is 0 Å². The van der Waals surface area contributed by atoms with Gasteiger partial charge in [0.2, 0.25) is 10.0 Å². The van der Waals surface area contributed by atoms with Crippen LogP contribution in [0, 0.1) is 6.92 Å². The van der Waals surface area contributed by atoms with E-state index in [4.69, 9.17) is 0 Å². The molecule has 0 N–H and O–H groups in total. The summed E-state index contributed by atoms with van der Waals surface area (Å²) in [5, 5.41) is 0. The smallest absolute Gasteiger partial charge is 0.253 e. The Hall–Kier alpha value is -2.96. The number of aryl methyl sites for hydroxylation is 1. The van der Waals surface area contributed by atoms with Crippen molar-refractivity contribution in [3.8, 4) is 0 Å². The second-order valence-electron chi connectivity index (χ2n) is 7.97. The highest BCUT2D eigenvalue weighted by atomic mass is 32.2. The quantitative estimate of drug-likeness (QED) is 0.610. The van der Waals surface area contributed by atoms with E-state index < -0.39 is 10.0 Å². The molecule has 3 aromatic carbocycles. The minimum Gasteiger partial charge on any atom is -0.337 e. The lowest BCUT2D eigenvalue weighted by molar-refractivity contribution is 0.0784. The first-order valence-corrected chi connectivity index (χ1v) is 11.8. The predicted molar refractivity (Wildman–Crippen MR) is 121 cm³/mol. The van der Waals surface area contributed by atoms with Crippen molar-refractivity contribution in [3.63, 3.8) is 0 Å². The van der Waals surface area contributed by atoms with Crippen LogP contribution in [0.5, 0.6) is 0 Å². The zero-order valence-electron chi connectivity index (χ0n) is 17.8. The molecule has 0 saturated carbocycles.